The number of rotatable bonds is 3. The van der Waals surface area contributed by atoms with E-state index in [4.69, 9.17) is 5.73 Å². The molecule has 3 aromatic carbocycles. The van der Waals surface area contributed by atoms with Crippen LogP contribution in [0.25, 0.3) is 28.3 Å². The third-order valence-electron chi connectivity index (χ3n) is 3.76. The monoisotopic (exact) mass is 427 g/mol. The van der Waals surface area contributed by atoms with Gasteiger partial charge in [0.1, 0.15) is 0 Å². The van der Waals surface area contributed by atoms with E-state index in [1.54, 1.807) is 0 Å². The van der Waals surface area contributed by atoms with E-state index in [1.165, 1.54) is 0 Å². The van der Waals surface area contributed by atoms with Crippen molar-refractivity contribution in [3.05, 3.63) is 81.8 Å². The van der Waals surface area contributed by atoms with E-state index in [-0.39, 0.29) is 0 Å². The molecule has 0 aromatic heterocycles. The Hall–Kier alpha value is -1.84. The lowest BCUT2D eigenvalue weighted by Crippen LogP contribution is -1.96. The molecule has 0 amide bonds. The second kappa shape index (κ2) is 6.73. The largest absolute Gasteiger partial charge is 0.398 e. The van der Waals surface area contributed by atoms with Gasteiger partial charge in [-0.15, -0.1) is 0 Å². The van der Waals surface area contributed by atoms with Crippen molar-refractivity contribution in [1.82, 2.24) is 0 Å². The van der Waals surface area contributed by atoms with E-state index in [2.05, 4.69) is 62.7 Å². The molecule has 0 heterocycles. The molecule has 114 valence electrons. The van der Waals surface area contributed by atoms with Gasteiger partial charge in [-0.25, -0.2) is 0 Å². The molecule has 0 aliphatic carbocycles. The fraction of sp³-hybridized carbons (Fsp3) is 0. The number of benzene rings is 3. The minimum Gasteiger partial charge on any atom is -0.398 e. The Balaban J connectivity index is 2.31. The van der Waals surface area contributed by atoms with Crippen molar-refractivity contribution in [2.75, 3.05) is 5.73 Å². The van der Waals surface area contributed by atoms with Crippen LogP contribution in [0.5, 0.6) is 0 Å². The van der Waals surface area contributed by atoms with Crippen LogP contribution in [0.3, 0.4) is 0 Å². The number of anilines is 1. The van der Waals surface area contributed by atoms with Crippen molar-refractivity contribution in [2.45, 2.75) is 0 Å². The molecule has 2 N–H and O–H groups in total. The van der Waals surface area contributed by atoms with Gasteiger partial charge in [0, 0.05) is 20.2 Å². The summed E-state index contributed by atoms with van der Waals surface area (Å²) in [6.45, 7) is 3.96. The summed E-state index contributed by atoms with van der Waals surface area (Å²) in [6.07, 6.45) is 1.87. The van der Waals surface area contributed by atoms with Crippen LogP contribution in [-0.4, -0.2) is 0 Å². The molecule has 23 heavy (non-hydrogen) atoms. The minimum atomic E-state index is 0.760. The number of nitrogens with two attached hydrogens (primary N) is 1. The van der Waals surface area contributed by atoms with E-state index >= 15 is 0 Å². The van der Waals surface area contributed by atoms with Gasteiger partial charge in [-0.1, -0.05) is 74.8 Å². The molecule has 3 rings (SSSR count). The first kappa shape index (κ1) is 16.0. The molecule has 0 saturated carbocycles. The molecule has 0 saturated heterocycles. The molecule has 0 aliphatic rings. The summed E-state index contributed by atoms with van der Waals surface area (Å²) in [4.78, 5) is 0. The average Bonchev–Trinajstić information content (AvgIpc) is 2.56. The third-order valence-corrected chi connectivity index (χ3v) is 4.81. The summed E-state index contributed by atoms with van der Waals surface area (Å²) in [5.41, 5.74) is 12.5. The van der Waals surface area contributed by atoms with Gasteiger partial charge in [0.25, 0.3) is 0 Å². The van der Waals surface area contributed by atoms with Gasteiger partial charge in [-0.3, -0.25) is 0 Å². The Bertz CT molecular complexity index is 850. The third kappa shape index (κ3) is 3.26. The highest BCUT2D eigenvalue weighted by Crippen LogP contribution is 2.40. The van der Waals surface area contributed by atoms with Crippen LogP contribution in [0.15, 0.2) is 76.2 Å². The van der Waals surface area contributed by atoms with Gasteiger partial charge in [0.05, 0.1) is 0 Å². The summed E-state index contributed by atoms with van der Waals surface area (Å²) < 4.78 is 2.10. The van der Waals surface area contributed by atoms with Crippen molar-refractivity contribution in [2.24, 2.45) is 0 Å². The SMILES string of the molecule is C=Cc1ccc(N)c(-c2ccc(Br)cc2)c1-c1ccc(Br)cc1. The van der Waals surface area contributed by atoms with Crippen LogP contribution in [0, 0.1) is 0 Å². The fourth-order valence-corrected chi connectivity index (χ4v) is 3.19. The highest BCUT2D eigenvalue weighted by molar-refractivity contribution is 9.10. The van der Waals surface area contributed by atoms with Gasteiger partial charge in [-0.2, -0.15) is 0 Å². The van der Waals surface area contributed by atoms with Crippen LogP contribution in [0.2, 0.25) is 0 Å². The van der Waals surface area contributed by atoms with Crippen LogP contribution < -0.4 is 5.73 Å². The molecule has 0 radical (unpaired) electrons. The van der Waals surface area contributed by atoms with Crippen molar-refractivity contribution < 1.29 is 0 Å². The van der Waals surface area contributed by atoms with Crippen LogP contribution in [-0.2, 0) is 0 Å². The van der Waals surface area contributed by atoms with Gasteiger partial charge in [-0.05, 0) is 52.6 Å². The molecule has 3 aromatic rings. The van der Waals surface area contributed by atoms with Crippen LogP contribution in [0.4, 0.5) is 5.69 Å². The highest BCUT2D eigenvalue weighted by atomic mass is 79.9. The topological polar surface area (TPSA) is 26.0 Å². The lowest BCUT2D eigenvalue weighted by molar-refractivity contribution is 1.54. The normalized spacial score (nSPS) is 10.5. The predicted octanol–water partition coefficient (Wildman–Crippen LogP) is 6.77. The van der Waals surface area contributed by atoms with E-state index in [9.17, 15) is 0 Å². The molecule has 0 spiro atoms. The first-order valence-electron chi connectivity index (χ1n) is 7.17. The van der Waals surface area contributed by atoms with E-state index in [1.807, 2.05) is 42.5 Å². The Morgan fingerprint density at radius 3 is 1.65 bits per heavy atom. The zero-order valence-corrected chi connectivity index (χ0v) is 15.6. The average molecular weight is 429 g/mol. The van der Waals surface area contributed by atoms with Crippen molar-refractivity contribution in [1.29, 1.82) is 0 Å². The lowest BCUT2D eigenvalue weighted by Gasteiger charge is -2.16. The minimum absolute atomic E-state index is 0.760. The quantitative estimate of drug-likeness (QED) is 0.457. The first-order chi connectivity index (χ1) is 11.1. The number of hydrogen-bond acceptors (Lipinski definition) is 1. The lowest BCUT2D eigenvalue weighted by atomic mass is 9.89. The molecule has 0 fully saturated rings. The van der Waals surface area contributed by atoms with Crippen molar-refractivity contribution in [3.8, 4) is 22.3 Å². The maximum atomic E-state index is 6.33. The summed E-state index contributed by atoms with van der Waals surface area (Å²) in [5.74, 6) is 0. The predicted molar refractivity (Wildman–Crippen MR) is 107 cm³/mol. The van der Waals surface area contributed by atoms with Gasteiger partial charge < -0.3 is 5.73 Å². The molecule has 0 aliphatic heterocycles. The van der Waals surface area contributed by atoms with E-state index < -0.39 is 0 Å². The zero-order valence-electron chi connectivity index (χ0n) is 12.4. The summed E-state index contributed by atoms with van der Waals surface area (Å²) in [7, 11) is 0. The highest BCUT2D eigenvalue weighted by Gasteiger charge is 2.14. The van der Waals surface area contributed by atoms with Gasteiger partial charge in [0.2, 0.25) is 0 Å². The summed E-state index contributed by atoms with van der Waals surface area (Å²) in [6, 6.07) is 20.4. The Morgan fingerprint density at radius 2 is 1.17 bits per heavy atom. The molecule has 0 atom stereocenters. The van der Waals surface area contributed by atoms with Crippen LogP contribution in [0.1, 0.15) is 5.56 Å². The molecular weight excluding hydrogens is 414 g/mol. The molecular formula is C20H15Br2N. The van der Waals surface area contributed by atoms with Crippen LogP contribution >= 0.6 is 31.9 Å². The summed E-state index contributed by atoms with van der Waals surface area (Å²) in [5, 5.41) is 0. The fourth-order valence-electron chi connectivity index (χ4n) is 2.66. The van der Waals surface area contributed by atoms with Crippen molar-refractivity contribution >= 4 is 43.6 Å². The molecule has 1 nitrogen and oxygen atoms in total. The van der Waals surface area contributed by atoms with Gasteiger partial charge in [0.15, 0.2) is 0 Å². The number of nitrogen functional groups attached to an aromatic ring is 1. The molecule has 3 heteroatoms. The van der Waals surface area contributed by atoms with Gasteiger partial charge >= 0.3 is 0 Å². The number of halogens is 2. The van der Waals surface area contributed by atoms with E-state index in [0.29, 0.717) is 0 Å². The second-order valence-corrected chi connectivity index (χ2v) is 7.04. The van der Waals surface area contributed by atoms with Crippen molar-refractivity contribution in [3.63, 3.8) is 0 Å². The second-order valence-electron chi connectivity index (χ2n) is 5.21. The zero-order chi connectivity index (χ0) is 16.4. The molecule has 0 unspecified atom stereocenters. The maximum Gasteiger partial charge on any atom is 0.0400 e. The first-order valence-corrected chi connectivity index (χ1v) is 8.75. The van der Waals surface area contributed by atoms with E-state index in [0.717, 1.165) is 42.5 Å². The number of hydrogen-bond donors (Lipinski definition) is 1. The smallest absolute Gasteiger partial charge is 0.0400 e. The Morgan fingerprint density at radius 1 is 0.696 bits per heavy atom. The Labute approximate surface area is 153 Å². The summed E-state index contributed by atoms with van der Waals surface area (Å²) >= 11 is 6.97. The maximum absolute atomic E-state index is 6.33. The Kier molecular flexibility index (Phi) is 4.69. The standard InChI is InChI=1S/C20H15Br2N/c1-2-13-7-12-18(23)20(15-5-10-17(22)11-6-15)19(13)14-3-8-16(21)9-4-14/h2-12H,1,23H2. The molecule has 0 bridgehead atoms.